The Morgan fingerprint density at radius 3 is 1.70 bits per heavy atom. The number of hydrogen-bond acceptors (Lipinski definition) is 8. The fraction of sp³-hybridized carbons (Fsp3) is 0.164. The second kappa shape index (κ2) is 19.2. The molecule has 0 aliphatic carbocycles. The maximum Gasteiger partial charge on any atom is 0.277 e. The molecule has 0 spiro atoms. The molecule has 0 aliphatic heterocycles. The molecule has 0 saturated carbocycles. The Bertz CT molecular complexity index is 3620. The van der Waals surface area contributed by atoms with Crippen LogP contribution in [-0.4, -0.2) is 84.7 Å². The number of hydrogen-bond donors (Lipinski definition) is 0. The lowest BCUT2D eigenvalue weighted by Gasteiger charge is -2.20. The van der Waals surface area contributed by atoms with Gasteiger partial charge in [0.15, 0.2) is 0 Å². The molecule has 3 heterocycles. The van der Waals surface area contributed by atoms with Crippen LogP contribution in [0.5, 0.6) is 0 Å². The smallest absolute Gasteiger partial charge is 0.277 e. The van der Waals surface area contributed by atoms with Gasteiger partial charge in [-0.25, -0.2) is 4.68 Å². The molecule has 9 aromatic rings. The van der Waals surface area contributed by atoms with Crippen LogP contribution in [0.3, 0.4) is 0 Å². The van der Waals surface area contributed by atoms with E-state index in [0.29, 0.717) is 34.1 Å². The summed E-state index contributed by atoms with van der Waals surface area (Å²) >= 11 is 0. The normalized spacial score (nSPS) is 11.2. The number of fused-ring (bicyclic) bond motifs is 3. The Labute approximate surface area is 396 Å². The molecule has 3 amide bonds. The standard InChI is InChI=1S/C55H48N8O6/c1-58(2)52(66)39-22-18-37(19-23-39)31-62-49-15-8-6-12-45(49)44(28-51(62)65)34-60(4)54(68)40-24-16-36(17-25-40)30-61-35-43-11-9-10-42(47(43)29-50(61)64)33-59(3)53(67)41-26-20-38(21-27-41)32-63-55(69)46-13-5-7-14-48(46)56-57-63/h5-29,35H,30-34H2,1-4H3. The first kappa shape index (κ1) is 45.4. The minimum Gasteiger partial charge on any atom is -0.345 e. The molecule has 3 aromatic heterocycles. The molecule has 6 aromatic carbocycles. The first-order valence-corrected chi connectivity index (χ1v) is 22.4. The average molecular weight is 917 g/mol. The van der Waals surface area contributed by atoms with Crippen molar-refractivity contribution in [3.63, 3.8) is 0 Å². The monoisotopic (exact) mass is 916 g/mol. The van der Waals surface area contributed by atoms with E-state index in [1.807, 2.05) is 72.9 Å². The molecular weight excluding hydrogens is 869 g/mol. The number of carbonyl (C=O) groups excluding carboxylic acids is 3. The third-order valence-electron chi connectivity index (χ3n) is 12.4. The summed E-state index contributed by atoms with van der Waals surface area (Å²) in [6, 6.07) is 45.0. The van der Waals surface area contributed by atoms with Gasteiger partial charge < -0.3 is 23.8 Å². The van der Waals surface area contributed by atoms with E-state index in [0.717, 1.165) is 49.5 Å². The van der Waals surface area contributed by atoms with Crippen LogP contribution in [0.4, 0.5) is 0 Å². The summed E-state index contributed by atoms with van der Waals surface area (Å²) in [5, 5.41) is 11.1. The fourth-order valence-electron chi connectivity index (χ4n) is 8.61. The lowest BCUT2D eigenvalue weighted by molar-refractivity contribution is 0.0778. The summed E-state index contributed by atoms with van der Waals surface area (Å²) in [6.45, 7) is 1.28. The van der Waals surface area contributed by atoms with Gasteiger partial charge in [-0.05, 0) is 93.2 Å². The maximum atomic E-state index is 13.7. The third kappa shape index (κ3) is 9.59. The van der Waals surface area contributed by atoms with Crippen LogP contribution in [0.15, 0.2) is 172 Å². The molecule has 0 fully saturated rings. The fourth-order valence-corrected chi connectivity index (χ4v) is 8.61. The van der Waals surface area contributed by atoms with Crippen LogP contribution in [0.25, 0.3) is 32.6 Å². The second-order valence-corrected chi connectivity index (χ2v) is 17.5. The van der Waals surface area contributed by atoms with Gasteiger partial charge in [-0.1, -0.05) is 90.1 Å². The Hall–Kier alpha value is -8.78. The zero-order valence-corrected chi connectivity index (χ0v) is 38.6. The molecule has 344 valence electrons. The van der Waals surface area contributed by atoms with E-state index >= 15 is 0 Å². The Morgan fingerprint density at radius 2 is 1.06 bits per heavy atom. The van der Waals surface area contributed by atoms with Gasteiger partial charge in [-0.3, -0.25) is 28.8 Å². The zero-order chi connectivity index (χ0) is 48.3. The van der Waals surface area contributed by atoms with E-state index in [2.05, 4.69) is 10.3 Å². The third-order valence-corrected chi connectivity index (χ3v) is 12.4. The highest BCUT2D eigenvalue weighted by atomic mass is 16.2. The van der Waals surface area contributed by atoms with E-state index in [-0.39, 0.29) is 60.6 Å². The highest BCUT2D eigenvalue weighted by Gasteiger charge is 2.18. The van der Waals surface area contributed by atoms with Crippen molar-refractivity contribution in [1.29, 1.82) is 0 Å². The number of aromatic nitrogens is 5. The molecule has 0 N–H and O–H groups in total. The summed E-state index contributed by atoms with van der Waals surface area (Å²) in [5.41, 5.74) is 6.18. The van der Waals surface area contributed by atoms with Crippen molar-refractivity contribution in [3.05, 3.63) is 233 Å². The molecule has 0 atom stereocenters. The van der Waals surface area contributed by atoms with Crippen molar-refractivity contribution in [2.45, 2.75) is 32.7 Å². The van der Waals surface area contributed by atoms with Gasteiger partial charge in [0.25, 0.3) is 34.4 Å². The maximum absolute atomic E-state index is 13.7. The van der Waals surface area contributed by atoms with Crippen molar-refractivity contribution >= 4 is 50.3 Å². The van der Waals surface area contributed by atoms with Crippen LogP contribution in [0.1, 0.15) is 58.9 Å². The van der Waals surface area contributed by atoms with Crippen molar-refractivity contribution in [2.75, 3.05) is 28.2 Å². The van der Waals surface area contributed by atoms with Gasteiger partial charge >= 0.3 is 0 Å². The summed E-state index contributed by atoms with van der Waals surface area (Å²) < 4.78 is 4.62. The minimum absolute atomic E-state index is 0.0950. The van der Waals surface area contributed by atoms with Crippen molar-refractivity contribution in [3.8, 4) is 0 Å². The van der Waals surface area contributed by atoms with Crippen LogP contribution in [0.2, 0.25) is 0 Å². The topological polar surface area (TPSA) is 153 Å². The highest BCUT2D eigenvalue weighted by Crippen LogP contribution is 2.23. The predicted octanol–water partition coefficient (Wildman–Crippen LogP) is 6.81. The van der Waals surface area contributed by atoms with Gasteiger partial charge in [0, 0.05) is 81.7 Å². The van der Waals surface area contributed by atoms with Crippen LogP contribution in [-0.2, 0) is 32.7 Å². The molecular formula is C55H48N8O6. The van der Waals surface area contributed by atoms with Gasteiger partial charge in [-0.2, -0.15) is 0 Å². The summed E-state index contributed by atoms with van der Waals surface area (Å²) in [6.07, 6.45) is 1.81. The highest BCUT2D eigenvalue weighted by molar-refractivity contribution is 5.96. The zero-order valence-electron chi connectivity index (χ0n) is 38.6. The second-order valence-electron chi connectivity index (χ2n) is 17.5. The molecule has 0 unspecified atom stereocenters. The quantitative estimate of drug-likeness (QED) is 0.122. The van der Waals surface area contributed by atoms with Crippen LogP contribution >= 0.6 is 0 Å². The molecule has 0 aliphatic rings. The molecule has 9 rings (SSSR count). The van der Waals surface area contributed by atoms with E-state index in [9.17, 15) is 28.8 Å². The summed E-state index contributed by atoms with van der Waals surface area (Å²) in [4.78, 5) is 84.5. The molecule has 14 heteroatoms. The van der Waals surface area contributed by atoms with Gasteiger partial charge in [0.05, 0.1) is 30.5 Å². The van der Waals surface area contributed by atoms with Gasteiger partial charge in [0.1, 0.15) is 5.52 Å². The first-order valence-electron chi connectivity index (χ1n) is 22.4. The number of benzene rings is 6. The Kier molecular flexibility index (Phi) is 12.6. The largest absolute Gasteiger partial charge is 0.345 e. The molecule has 14 nitrogen and oxygen atoms in total. The van der Waals surface area contributed by atoms with Crippen LogP contribution < -0.4 is 16.7 Å². The Balaban J connectivity index is 0.838. The lowest BCUT2D eigenvalue weighted by atomic mass is 10.0. The predicted molar refractivity (Wildman–Crippen MR) is 266 cm³/mol. The summed E-state index contributed by atoms with van der Waals surface area (Å²) in [7, 11) is 6.83. The minimum atomic E-state index is -0.239. The number of rotatable bonds is 13. The van der Waals surface area contributed by atoms with Crippen molar-refractivity contribution in [1.82, 2.24) is 38.8 Å². The number of nitrogens with zero attached hydrogens (tertiary/aromatic N) is 8. The van der Waals surface area contributed by atoms with E-state index < -0.39 is 0 Å². The SMILES string of the molecule is CN(C)C(=O)c1ccc(Cn2c(=O)cc(CN(C)C(=O)c3ccc(Cn4cc5cccc(CN(C)C(=O)c6ccc(Cn7nnc8ccccc8c7=O)cc6)c5cc4=O)cc3)c3ccccc32)cc1. The van der Waals surface area contributed by atoms with Crippen molar-refractivity contribution < 1.29 is 14.4 Å². The molecule has 0 radical (unpaired) electrons. The van der Waals surface area contributed by atoms with Gasteiger partial charge in [0.2, 0.25) is 0 Å². The van der Waals surface area contributed by atoms with E-state index in [1.54, 1.807) is 132 Å². The molecule has 69 heavy (non-hydrogen) atoms. The Morgan fingerprint density at radius 1 is 0.507 bits per heavy atom. The summed E-state index contributed by atoms with van der Waals surface area (Å²) in [5.74, 6) is -0.512. The average Bonchev–Trinajstić information content (AvgIpc) is 3.36. The first-order chi connectivity index (χ1) is 33.3. The van der Waals surface area contributed by atoms with E-state index in [4.69, 9.17) is 0 Å². The number of amides is 3. The van der Waals surface area contributed by atoms with Crippen LogP contribution in [0, 0.1) is 0 Å². The number of pyridine rings is 2. The van der Waals surface area contributed by atoms with E-state index in [1.165, 1.54) is 9.58 Å². The molecule has 0 bridgehead atoms. The number of para-hydroxylation sites is 1. The van der Waals surface area contributed by atoms with Gasteiger partial charge in [-0.15, -0.1) is 5.10 Å². The number of carbonyl (C=O) groups is 3. The molecule has 0 saturated heterocycles. The lowest BCUT2D eigenvalue weighted by Crippen LogP contribution is -2.28. The van der Waals surface area contributed by atoms with Crippen molar-refractivity contribution in [2.24, 2.45) is 0 Å².